The number of benzene rings is 3. The zero-order chi connectivity index (χ0) is 31.8. The molecular weight excluding hydrogens is 552 g/mol. The molecule has 0 N–H and O–H groups in total. The Morgan fingerprint density at radius 2 is 1.20 bits per heavy atom. The Kier molecular flexibility index (Phi) is 18.4. The lowest BCUT2D eigenvalue weighted by Crippen LogP contribution is -2.20. The summed E-state index contributed by atoms with van der Waals surface area (Å²) in [5.41, 5.74) is 3.86. The average molecular weight is 609 g/mol. The molecule has 0 aromatic heterocycles. The summed E-state index contributed by atoms with van der Waals surface area (Å²) in [5.74, 6) is 0.767. The molecule has 0 aliphatic rings. The number of unbranched alkanes of at least 4 members (excludes halogenated alkanes) is 14. The second-order valence-electron chi connectivity index (χ2n) is 12.2. The van der Waals surface area contributed by atoms with Crippen molar-refractivity contribution in [1.82, 2.24) is 0 Å². The monoisotopic (exact) mass is 608 g/mol. The Labute approximate surface area is 273 Å². The molecule has 1 atom stereocenters. The molecule has 242 valence electrons. The maximum atomic E-state index is 12.4. The quantitative estimate of drug-likeness (QED) is 0.0415. The molecule has 3 aromatic carbocycles. The van der Waals surface area contributed by atoms with Crippen molar-refractivity contribution >= 4 is 17.9 Å². The number of hydrogen-bond acceptors (Lipinski definition) is 3. The third kappa shape index (κ3) is 15.9. The zero-order valence-electron chi connectivity index (χ0n) is 27.8. The van der Waals surface area contributed by atoms with Crippen LogP contribution in [0, 0.1) is 0 Å². The van der Waals surface area contributed by atoms with E-state index in [2.05, 4.69) is 37.8 Å². The fourth-order valence-corrected chi connectivity index (χ4v) is 5.48. The number of hydrogen-bond donors (Lipinski definition) is 0. The van der Waals surface area contributed by atoms with Gasteiger partial charge in [-0.15, -0.1) is 0 Å². The predicted octanol–water partition coefficient (Wildman–Crippen LogP) is 12.4. The number of ether oxygens (including phenoxy) is 2. The van der Waals surface area contributed by atoms with Crippen molar-refractivity contribution in [3.63, 3.8) is 0 Å². The van der Waals surface area contributed by atoms with Crippen LogP contribution in [0.3, 0.4) is 0 Å². The SMILES string of the molecule is C=Cc1ccc(COC(CCCCCCCCCCCCCCCCC)Oc2ccc(C=CC(=O)c3ccccc3)cc2)cc1. The molecule has 0 radical (unpaired) electrons. The van der Waals surface area contributed by atoms with Crippen molar-refractivity contribution in [3.05, 3.63) is 114 Å². The van der Waals surface area contributed by atoms with E-state index in [1.807, 2.05) is 66.7 Å². The highest BCUT2D eigenvalue weighted by molar-refractivity contribution is 6.06. The summed E-state index contributed by atoms with van der Waals surface area (Å²) in [6, 6.07) is 25.5. The molecule has 3 aromatic rings. The van der Waals surface area contributed by atoms with Gasteiger partial charge in [0.1, 0.15) is 5.75 Å². The molecule has 0 aliphatic carbocycles. The second-order valence-corrected chi connectivity index (χ2v) is 12.2. The first kappa shape index (κ1) is 36.0. The summed E-state index contributed by atoms with van der Waals surface area (Å²) in [5, 5.41) is 0. The van der Waals surface area contributed by atoms with Gasteiger partial charge in [-0.25, -0.2) is 0 Å². The summed E-state index contributed by atoms with van der Waals surface area (Å²) in [6.07, 6.45) is 26.1. The van der Waals surface area contributed by atoms with Gasteiger partial charge in [0, 0.05) is 12.0 Å². The van der Waals surface area contributed by atoms with Gasteiger partial charge in [0.25, 0.3) is 0 Å². The smallest absolute Gasteiger partial charge is 0.200 e. The standard InChI is InChI=1S/C42H56O3/c1-3-5-6-7-8-9-10-11-12-13-14-15-16-17-21-24-42(44-35-38-27-25-36(4-2)26-28-38)45-40-32-29-37(30-33-40)31-34-41(43)39-22-19-18-20-23-39/h4,18-20,22-23,25-34,42H,2-3,5-17,21,24,35H2,1H3. The Morgan fingerprint density at radius 1 is 0.667 bits per heavy atom. The van der Waals surface area contributed by atoms with Gasteiger partial charge >= 0.3 is 0 Å². The highest BCUT2D eigenvalue weighted by atomic mass is 16.7. The number of ketones is 1. The van der Waals surface area contributed by atoms with Gasteiger partial charge in [-0.1, -0.05) is 182 Å². The van der Waals surface area contributed by atoms with Crippen LogP contribution in [-0.2, 0) is 11.3 Å². The van der Waals surface area contributed by atoms with Crippen LogP contribution in [0.5, 0.6) is 5.75 Å². The first-order chi connectivity index (χ1) is 22.2. The Balaban J connectivity index is 1.38. The van der Waals surface area contributed by atoms with Gasteiger partial charge in [-0.3, -0.25) is 4.79 Å². The number of carbonyl (C=O) groups excluding carboxylic acids is 1. The van der Waals surface area contributed by atoms with Gasteiger partial charge in [-0.05, 0) is 41.3 Å². The average Bonchev–Trinajstić information content (AvgIpc) is 3.08. The first-order valence-electron chi connectivity index (χ1n) is 17.5. The normalized spacial score (nSPS) is 11.9. The van der Waals surface area contributed by atoms with E-state index in [1.54, 1.807) is 6.08 Å². The topological polar surface area (TPSA) is 35.5 Å². The fraction of sp³-hybridized carbons (Fsp3) is 0.452. The van der Waals surface area contributed by atoms with E-state index in [9.17, 15) is 4.79 Å². The van der Waals surface area contributed by atoms with E-state index in [0.29, 0.717) is 12.2 Å². The first-order valence-corrected chi connectivity index (χ1v) is 17.5. The molecule has 0 bridgehead atoms. The van der Waals surface area contributed by atoms with E-state index in [1.165, 1.54) is 89.9 Å². The minimum atomic E-state index is -0.313. The Bertz CT molecular complexity index is 1210. The summed E-state index contributed by atoms with van der Waals surface area (Å²) in [4.78, 5) is 12.4. The zero-order valence-corrected chi connectivity index (χ0v) is 27.8. The third-order valence-corrected chi connectivity index (χ3v) is 8.33. The van der Waals surface area contributed by atoms with Gasteiger partial charge in [0.15, 0.2) is 12.1 Å². The molecule has 0 fully saturated rings. The predicted molar refractivity (Wildman–Crippen MR) is 192 cm³/mol. The molecule has 0 spiro atoms. The summed E-state index contributed by atoms with van der Waals surface area (Å²) in [7, 11) is 0. The van der Waals surface area contributed by atoms with E-state index < -0.39 is 0 Å². The molecule has 0 saturated carbocycles. The van der Waals surface area contributed by atoms with Crippen molar-refractivity contribution in [2.45, 2.75) is 123 Å². The fourth-order valence-electron chi connectivity index (χ4n) is 5.48. The molecule has 3 rings (SSSR count). The Morgan fingerprint density at radius 3 is 1.76 bits per heavy atom. The minimum absolute atomic E-state index is 0.00555. The molecule has 0 heterocycles. The molecule has 0 aliphatic heterocycles. The molecular formula is C42H56O3. The lowest BCUT2D eigenvalue weighted by molar-refractivity contribution is -0.0944. The maximum absolute atomic E-state index is 12.4. The largest absolute Gasteiger partial charge is 0.465 e. The maximum Gasteiger partial charge on any atom is 0.200 e. The van der Waals surface area contributed by atoms with Gasteiger partial charge in [0.05, 0.1) is 6.61 Å². The van der Waals surface area contributed by atoms with Crippen molar-refractivity contribution in [2.24, 2.45) is 0 Å². The number of carbonyl (C=O) groups is 1. The van der Waals surface area contributed by atoms with Crippen molar-refractivity contribution in [2.75, 3.05) is 0 Å². The van der Waals surface area contributed by atoms with Crippen LogP contribution in [0.4, 0.5) is 0 Å². The molecule has 3 heteroatoms. The minimum Gasteiger partial charge on any atom is -0.465 e. The van der Waals surface area contributed by atoms with Crippen LogP contribution in [0.1, 0.15) is 137 Å². The van der Waals surface area contributed by atoms with E-state index >= 15 is 0 Å². The van der Waals surface area contributed by atoms with Crippen molar-refractivity contribution in [1.29, 1.82) is 0 Å². The number of rotatable bonds is 25. The molecule has 0 amide bonds. The lowest BCUT2D eigenvalue weighted by Gasteiger charge is -2.20. The van der Waals surface area contributed by atoms with E-state index in [4.69, 9.17) is 9.47 Å². The summed E-state index contributed by atoms with van der Waals surface area (Å²) < 4.78 is 12.6. The summed E-state index contributed by atoms with van der Waals surface area (Å²) >= 11 is 0. The third-order valence-electron chi connectivity index (χ3n) is 8.33. The van der Waals surface area contributed by atoms with Gasteiger partial charge < -0.3 is 9.47 Å². The highest BCUT2D eigenvalue weighted by Crippen LogP contribution is 2.20. The van der Waals surface area contributed by atoms with Crippen LogP contribution in [0.25, 0.3) is 12.2 Å². The van der Waals surface area contributed by atoms with Crippen molar-refractivity contribution in [3.8, 4) is 5.75 Å². The van der Waals surface area contributed by atoms with E-state index in [0.717, 1.165) is 35.3 Å². The Hall–Kier alpha value is -3.43. The van der Waals surface area contributed by atoms with Crippen LogP contribution < -0.4 is 4.74 Å². The van der Waals surface area contributed by atoms with Crippen LogP contribution in [0.15, 0.2) is 91.5 Å². The molecule has 3 nitrogen and oxygen atoms in total. The molecule has 0 saturated heterocycles. The second kappa shape index (κ2) is 23.0. The molecule has 1 unspecified atom stereocenters. The van der Waals surface area contributed by atoms with Crippen LogP contribution >= 0.6 is 0 Å². The lowest BCUT2D eigenvalue weighted by atomic mass is 10.0. The number of allylic oxidation sites excluding steroid dienone is 1. The summed E-state index contributed by atoms with van der Waals surface area (Å²) in [6.45, 7) is 6.63. The van der Waals surface area contributed by atoms with Crippen molar-refractivity contribution < 1.29 is 14.3 Å². The van der Waals surface area contributed by atoms with Gasteiger partial charge in [0.2, 0.25) is 0 Å². The van der Waals surface area contributed by atoms with E-state index in [-0.39, 0.29) is 12.1 Å². The van der Waals surface area contributed by atoms with Gasteiger partial charge in [-0.2, -0.15) is 0 Å². The van der Waals surface area contributed by atoms with Crippen LogP contribution in [0.2, 0.25) is 0 Å². The molecule has 45 heavy (non-hydrogen) atoms. The highest BCUT2D eigenvalue weighted by Gasteiger charge is 2.12. The van der Waals surface area contributed by atoms with Crippen LogP contribution in [-0.4, -0.2) is 12.1 Å².